The molecular formula is C48H92N12. The van der Waals surface area contributed by atoms with Gasteiger partial charge in [0.1, 0.15) is 0 Å². The van der Waals surface area contributed by atoms with Gasteiger partial charge < -0.3 is 21.3 Å². The predicted octanol–water partition coefficient (Wildman–Crippen LogP) is 4.08. The SMILES string of the molecule is CCCCNC1CCCC2C3NC(NC4NC(NC5NC(NC6NC(N3)C3C(NCCCC)CCCC63)C3C(NCCCC)CCCC53)C3C(NCCCC)CCCC43)C12. The second kappa shape index (κ2) is 21.2. The van der Waals surface area contributed by atoms with Crippen molar-refractivity contribution >= 4 is 0 Å². The van der Waals surface area contributed by atoms with Crippen LogP contribution in [0.2, 0.25) is 0 Å². The predicted molar refractivity (Wildman–Crippen MR) is 246 cm³/mol. The zero-order valence-electron chi connectivity index (χ0n) is 38.5. The molecule has 344 valence electrons. The first-order valence-corrected chi connectivity index (χ1v) is 26.6. The fourth-order valence-corrected chi connectivity index (χ4v) is 15.1. The molecule has 0 amide bonds. The van der Waals surface area contributed by atoms with Gasteiger partial charge in [-0.2, -0.15) is 0 Å². The Morgan fingerprint density at radius 2 is 0.517 bits per heavy atom. The van der Waals surface area contributed by atoms with E-state index in [1.54, 1.807) is 0 Å². The van der Waals surface area contributed by atoms with Crippen LogP contribution < -0.4 is 63.8 Å². The molecule has 0 aromatic rings. The first kappa shape index (κ1) is 44.7. The first-order chi connectivity index (χ1) is 29.6. The summed E-state index contributed by atoms with van der Waals surface area (Å²) in [6.45, 7) is 13.9. The van der Waals surface area contributed by atoms with Gasteiger partial charge in [-0.25, -0.2) is 0 Å². The van der Waals surface area contributed by atoms with E-state index >= 15 is 0 Å². The van der Waals surface area contributed by atoms with Gasteiger partial charge in [0, 0.05) is 47.8 Å². The lowest BCUT2D eigenvalue weighted by atomic mass is 9.73. The highest BCUT2D eigenvalue weighted by Crippen LogP contribution is 2.46. The smallest absolute Gasteiger partial charge is 0.0643 e. The minimum atomic E-state index is 0.271. The topological polar surface area (TPSA) is 144 Å². The Balaban J connectivity index is 1.07. The average molecular weight is 837 g/mol. The van der Waals surface area contributed by atoms with Gasteiger partial charge in [0.2, 0.25) is 0 Å². The lowest BCUT2D eigenvalue weighted by molar-refractivity contribution is 0.122. The van der Waals surface area contributed by atoms with E-state index in [9.17, 15) is 0 Å². The van der Waals surface area contributed by atoms with E-state index in [-0.39, 0.29) is 49.3 Å². The van der Waals surface area contributed by atoms with Crippen molar-refractivity contribution in [3.63, 3.8) is 0 Å². The Kier molecular flexibility index (Phi) is 15.8. The highest BCUT2D eigenvalue weighted by Gasteiger charge is 2.58. The lowest BCUT2D eigenvalue weighted by Gasteiger charge is -2.42. The number of fused-ring (bicyclic) bond motifs is 20. The first-order valence-electron chi connectivity index (χ1n) is 26.6. The Morgan fingerprint density at radius 1 is 0.300 bits per heavy atom. The van der Waals surface area contributed by atoms with Crippen LogP contribution in [-0.2, 0) is 0 Å². The third-order valence-corrected chi connectivity index (χ3v) is 17.9. The maximum Gasteiger partial charge on any atom is 0.0643 e. The molecule has 9 fully saturated rings. The highest BCUT2D eigenvalue weighted by molar-refractivity contribution is 5.13. The molecule has 5 saturated heterocycles. The van der Waals surface area contributed by atoms with Crippen molar-refractivity contribution in [2.75, 3.05) is 26.2 Å². The summed E-state index contributed by atoms with van der Waals surface area (Å²) >= 11 is 0. The van der Waals surface area contributed by atoms with Gasteiger partial charge in [0.25, 0.3) is 0 Å². The van der Waals surface area contributed by atoms with Crippen LogP contribution in [0.1, 0.15) is 156 Å². The number of unbranched alkanes of at least 4 members (excludes halogenated alkanes) is 4. The number of rotatable bonds is 16. The molecule has 4 aliphatic carbocycles. The zero-order valence-corrected chi connectivity index (χ0v) is 38.5. The molecule has 5 heterocycles. The summed E-state index contributed by atoms with van der Waals surface area (Å²) in [5.74, 6) is 4.66. The second-order valence-corrected chi connectivity index (χ2v) is 21.5. The van der Waals surface area contributed by atoms with E-state index in [4.69, 9.17) is 0 Å². The third-order valence-electron chi connectivity index (χ3n) is 17.9. The summed E-state index contributed by atoms with van der Waals surface area (Å²) in [5.41, 5.74) is 0. The number of hydrogen-bond donors (Lipinski definition) is 12. The minimum Gasteiger partial charge on any atom is -0.314 e. The fraction of sp³-hybridized carbons (Fsp3) is 1.00. The molecule has 9 rings (SSSR count). The monoisotopic (exact) mass is 837 g/mol. The Morgan fingerprint density at radius 3 is 0.717 bits per heavy atom. The molecule has 12 N–H and O–H groups in total. The van der Waals surface area contributed by atoms with Gasteiger partial charge in [0.05, 0.1) is 49.3 Å². The Labute approximate surface area is 365 Å². The Hall–Kier alpha value is -0.480. The molecule has 60 heavy (non-hydrogen) atoms. The molecule has 9 aliphatic rings. The summed E-state index contributed by atoms with van der Waals surface area (Å²) in [6.07, 6.45) is 28.0. The van der Waals surface area contributed by atoms with Crippen LogP contribution in [0, 0.1) is 47.3 Å². The molecule has 0 aromatic heterocycles. The normalized spacial score (nSPS) is 47.4. The molecule has 12 heteroatoms. The van der Waals surface area contributed by atoms with Crippen molar-refractivity contribution in [2.24, 2.45) is 47.3 Å². The van der Waals surface area contributed by atoms with Crippen molar-refractivity contribution in [2.45, 2.75) is 230 Å². The summed E-state index contributed by atoms with van der Waals surface area (Å²) in [7, 11) is 0. The van der Waals surface area contributed by atoms with Gasteiger partial charge in [-0.05, 0) is 127 Å². The van der Waals surface area contributed by atoms with Gasteiger partial charge >= 0.3 is 0 Å². The minimum absolute atomic E-state index is 0.271. The van der Waals surface area contributed by atoms with Gasteiger partial charge in [-0.15, -0.1) is 0 Å². The van der Waals surface area contributed by atoms with Crippen molar-refractivity contribution in [3.8, 4) is 0 Å². The van der Waals surface area contributed by atoms with Gasteiger partial charge in [0.15, 0.2) is 0 Å². The maximum absolute atomic E-state index is 4.46. The molecule has 0 aromatic carbocycles. The van der Waals surface area contributed by atoms with Crippen LogP contribution in [0.3, 0.4) is 0 Å². The highest BCUT2D eigenvalue weighted by atomic mass is 15.4. The number of nitrogens with one attached hydrogen (secondary N) is 12. The molecule has 0 radical (unpaired) electrons. The van der Waals surface area contributed by atoms with E-state index in [2.05, 4.69) is 91.5 Å². The van der Waals surface area contributed by atoms with E-state index in [1.807, 2.05) is 0 Å². The molecule has 12 nitrogen and oxygen atoms in total. The lowest BCUT2D eigenvalue weighted by Crippen LogP contribution is -2.62. The fourth-order valence-electron chi connectivity index (χ4n) is 15.1. The summed E-state index contributed by atoms with van der Waals surface area (Å²) < 4.78 is 0. The quantitative estimate of drug-likeness (QED) is 0.102. The largest absolute Gasteiger partial charge is 0.314 e. The Bertz CT molecular complexity index is 1120. The van der Waals surface area contributed by atoms with E-state index in [1.165, 1.54) is 128 Å². The van der Waals surface area contributed by atoms with Crippen LogP contribution in [0.5, 0.6) is 0 Å². The van der Waals surface area contributed by atoms with Crippen LogP contribution >= 0.6 is 0 Å². The summed E-state index contributed by atoms with van der Waals surface area (Å²) in [4.78, 5) is 0. The standard InChI is InChI=1S/C48H92N12/c1-5-9-25-49-33-21-13-17-29-37(33)45-53-41(29)58-46-39-31(19-15-23-35(39)51-27-11-7-3)43(55-46)60-48-40-32(20-16-24-36(40)52-28-12-8-4)44(56-48)59-47-38-30(42(54-47)57-45)18-14-22-34(38)50-26-10-6-2/h29-60H,5-28H2,1-4H3. The third kappa shape index (κ3) is 9.44. The molecule has 12 unspecified atom stereocenters. The molecule has 4 saturated carbocycles. The van der Waals surface area contributed by atoms with E-state index in [0.717, 1.165) is 26.2 Å². The van der Waals surface area contributed by atoms with Crippen LogP contribution in [0.15, 0.2) is 0 Å². The second-order valence-electron chi connectivity index (χ2n) is 21.5. The number of hydrogen-bond acceptors (Lipinski definition) is 12. The van der Waals surface area contributed by atoms with Gasteiger partial charge in [-0.1, -0.05) is 79.1 Å². The van der Waals surface area contributed by atoms with E-state index < -0.39 is 0 Å². The summed E-state index contributed by atoms with van der Waals surface area (Å²) in [5, 5.41) is 51.9. The van der Waals surface area contributed by atoms with Crippen LogP contribution in [0.4, 0.5) is 0 Å². The van der Waals surface area contributed by atoms with E-state index in [0.29, 0.717) is 71.5 Å². The summed E-state index contributed by atoms with van der Waals surface area (Å²) in [6, 6.07) is 2.20. The van der Waals surface area contributed by atoms with Crippen molar-refractivity contribution in [1.29, 1.82) is 0 Å². The molecular weight excluding hydrogens is 745 g/mol. The molecule has 8 bridgehead atoms. The molecule has 5 aliphatic heterocycles. The average Bonchev–Trinajstić information content (AvgIpc) is 4.01. The maximum atomic E-state index is 4.46. The van der Waals surface area contributed by atoms with Gasteiger partial charge in [-0.3, -0.25) is 42.5 Å². The molecule has 12 atom stereocenters. The van der Waals surface area contributed by atoms with Crippen molar-refractivity contribution < 1.29 is 0 Å². The van der Waals surface area contributed by atoms with Crippen LogP contribution in [0.25, 0.3) is 0 Å². The van der Waals surface area contributed by atoms with Crippen LogP contribution in [-0.4, -0.2) is 99.7 Å². The van der Waals surface area contributed by atoms with Crippen molar-refractivity contribution in [1.82, 2.24) is 63.8 Å². The molecule has 0 spiro atoms. The van der Waals surface area contributed by atoms with Crippen molar-refractivity contribution in [3.05, 3.63) is 0 Å². The zero-order chi connectivity index (χ0) is 41.0.